The standard InChI is InChI=1S/C15H11BrO/c16-13-6-7-15-12(9-13)10-14(17-15)8-11-4-2-1-3-5-11/h1-7,9-10H,8H2. The van der Waals surface area contributed by atoms with Crippen molar-refractivity contribution in [3.63, 3.8) is 0 Å². The summed E-state index contributed by atoms with van der Waals surface area (Å²) in [5, 5.41) is 1.14. The molecule has 0 fully saturated rings. The van der Waals surface area contributed by atoms with Crippen LogP contribution < -0.4 is 0 Å². The van der Waals surface area contributed by atoms with Crippen LogP contribution in [0.4, 0.5) is 0 Å². The quantitative estimate of drug-likeness (QED) is 0.660. The van der Waals surface area contributed by atoms with Gasteiger partial charge in [0.2, 0.25) is 0 Å². The van der Waals surface area contributed by atoms with E-state index in [1.165, 1.54) is 5.56 Å². The smallest absolute Gasteiger partial charge is 0.134 e. The number of hydrogen-bond donors (Lipinski definition) is 0. The van der Waals surface area contributed by atoms with E-state index in [2.05, 4.69) is 52.3 Å². The molecule has 0 spiro atoms. The third-order valence-corrected chi connectivity index (χ3v) is 3.24. The van der Waals surface area contributed by atoms with Crippen LogP contribution >= 0.6 is 15.9 Å². The largest absolute Gasteiger partial charge is 0.461 e. The van der Waals surface area contributed by atoms with Crippen molar-refractivity contribution in [3.8, 4) is 0 Å². The summed E-state index contributed by atoms with van der Waals surface area (Å²) in [7, 11) is 0. The molecule has 0 atom stereocenters. The van der Waals surface area contributed by atoms with E-state index in [-0.39, 0.29) is 0 Å². The summed E-state index contributed by atoms with van der Waals surface area (Å²) in [6.45, 7) is 0. The Morgan fingerprint density at radius 1 is 0.941 bits per heavy atom. The molecule has 0 saturated heterocycles. The third kappa shape index (κ3) is 2.27. The van der Waals surface area contributed by atoms with Crippen LogP contribution in [0.15, 0.2) is 63.5 Å². The van der Waals surface area contributed by atoms with Crippen molar-refractivity contribution in [2.75, 3.05) is 0 Å². The maximum atomic E-state index is 5.81. The van der Waals surface area contributed by atoms with Crippen molar-refractivity contribution in [2.45, 2.75) is 6.42 Å². The van der Waals surface area contributed by atoms with Gasteiger partial charge in [-0.1, -0.05) is 46.3 Å². The van der Waals surface area contributed by atoms with Crippen LogP contribution in [-0.2, 0) is 6.42 Å². The molecular formula is C15H11BrO. The van der Waals surface area contributed by atoms with Crippen LogP contribution in [0.1, 0.15) is 11.3 Å². The Bertz CT molecular complexity index is 640. The molecule has 2 heteroatoms. The molecule has 1 aromatic heterocycles. The Morgan fingerprint density at radius 3 is 2.59 bits per heavy atom. The molecule has 0 unspecified atom stereocenters. The van der Waals surface area contributed by atoms with Crippen molar-refractivity contribution in [1.82, 2.24) is 0 Å². The van der Waals surface area contributed by atoms with Crippen LogP contribution in [0.2, 0.25) is 0 Å². The minimum atomic E-state index is 0.840. The third-order valence-electron chi connectivity index (χ3n) is 2.75. The summed E-state index contributed by atoms with van der Waals surface area (Å²) in [5.74, 6) is 1.00. The maximum Gasteiger partial charge on any atom is 0.134 e. The van der Waals surface area contributed by atoms with E-state index in [9.17, 15) is 0 Å². The molecule has 17 heavy (non-hydrogen) atoms. The lowest BCUT2D eigenvalue weighted by molar-refractivity contribution is 0.563. The fourth-order valence-electron chi connectivity index (χ4n) is 1.95. The first-order chi connectivity index (χ1) is 8.31. The van der Waals surface area contributed by atoms with Crippen LogP contribution in [0, 0.1) is 0 Å². The average molecular weight is 287 g/mol. The molecule has 0 aliphatic rings. The van der Waals surface area contributed by atoms with Crippen molar-refractivity contribution in [1.29, 1.82) is 0 Å². The summed E-state index contributed by atoms with van der Waals surface area (Å²) in [4.78, 5) is 0. The van der Waals surface area contributed by atoms with Gasteiger partial charge >= 0.3 is 0 Å². The zero-order chi connectivity index (χ0) is 11.7. The summed E-state index contributed by atoms with van der Waals surface area (Å²) in [6, 6.07) is 18.5. The molecule has 0 N–H and O–H groups in total. The van der Waals surface area contributed by atoms with Crippen molar-refractivity contribution < 1.29 is 4.42 Å². The molecule has 3 aromatic rings. The highest BCUT2D eigenvalue weighted by Crippen LogP contribution is 2.24. The number of benzene rings is 2. The molecule has 3 rings (SSSR count). The molecule has 1 nitrogen and oxygen atoms in total. The fourth-order valence-corrected chi connectivity index (χ4v) is 2.33. The summed E-state index contributed by atoms with van der Waals surface area (Å²) in [5.41, 5.74) is 2.21. The van der Waals surface area contributed by atoms with E-state index in [1.807, 2.05) is 18.2 Å². The first kappa shape index (κ1) is 10.6. The highest BCUT2D eigenvalue weighted by Gasteiger charge is 2.04. The first-order valence-electron chi connectivity index (χ1n) is 5.53. The van der Waals surface area contributed by atoms with Crippen LogP contribution in [0.25, 0.3) is 11.0 Å². The van der Waals surface area contributed by atoms with Gasteiger partial charge in [0.1, 0.15) is 11.3 Å². The second-order valence-corrected chi connectivity index (χ2v) is 4.97. The molecule has 2 aromatic carbocycles. The topological polar surface area (TPSA) is 13.1 Å². The Labute approximate surface area is 108 Å². The Balaban J connectivity index is 1.96. The molecule has 0 radical (unpaired) electrons. The van der Waals surface area contributed by atoms with E-state index < -0.39 is 0 Å². The fraction of sp³-hybridized carbons (Fsp3) is 0.0667. The number of fused-ring (bicyclic) bond motifs is 1. The molecule has 0 aliphatic heterocycles. The number of hydrogen-bond acceptors (Lipinski definition) is 1. The highest BCUT2D eigenvalue weighted by atomic mass is 79.9. The summed E-state index contributed by atoms with van der Waals surface area (Å²) < 4.78 is 6.89. The van der Waals surface area contributed by atoms with E-state index in [0.717, 1.165) is 27.6 Å². The van der Waals surface area contributed by atoms with Gasteiger partial charge in [0.25, 0.3) is 0 Å². The number of halogens is 1. The van der Waals surface area contributed by atoms with Crippen molar-refractivity contribution in [2.24, 2.45) is 0 Å². The SMILES string of the molecule is Brc1ccc2oc(Cc3ccccc3)cc2c1. The molecule has 1 heterocycles. The van der Waals surface area contributed by atoms with Gasteiger partial charge in [-0.2, -0.15) is 0 Å². The molecule has 0 aliphatic carbocycles. The van der Waals surface area contributed by atoms with Crippen LogP contribution in [0.5, 0.6) is 0 Å². The van der Waals surface area contributed by atoms with Crippen LogP contribution in [0.3, 0.4) is 0 Å². The second kappa shape index (κ2) is 4.38. The first-order valence-corrected chi connectivity index (χ1v) is 6.32. The van der Waals surface area contributed by atoms with E-state index in [0.29, 0.717) is 0 Å². The highest BCUT2D eigenvalue weighted by molar-refractivity contribution is 9.10. The van der Waals surface area contributed by atoms with E-state index in [1.54, 1.807) is 0 Å². The van der Waals surface area contributed by atoms with Gasteiger partial charge in [-0.05, 0) is 29.8 Å². The van der Waals surface area contributed by atoms with Gasteiger partial charge < -0.3 is 4.42 Å². The van der Waals surface area contributed by atoms with Gasteiger partial charge in [0.15, 0.2) is 0 Å². The molecule has 84 valence electrons. The Hall–Kier alpha value is -1.54. The molecular weight excluding hydrogens is 276 g/mol. The Kier molecular flexibility index (Phi) is 2.73. The summed E-state index contributed by atoms with van der Waals surface area (Å²) in [6.07, 6.45) is 0.840. The minimum Gasteiger partial charge on any atom is -0.461 e. The lowest BCUT2D eigenvalue weighted by atomic mass is 10.1. The molecule has 0 amide bonds. The van der Waals surface area contributed by atoms with E-state index >= 15 is 0 Å². The maximum absolute atomic E-state index is 5.81. The lowest BCUT2D eigenvalue weighted by Crippen LogP contribution is -1.83. The predicted octanol–water partition coefficient (Wildman–Crippen LogP) is 4.79. The zero-order valence-corrected chi connectivity index (χ0v) is 10.8. The van der Waals surface area contributed by atoms with E-state index in [4.69, 9.17) is 4.42 Å². The molecule has 0 saturated carbocycles. The van der Waals surface area contributed by atoms with Gasteiger partial charge in [0, 0.05) is 16.3 Å². The second-order valence-electron chi connectivity index (χ2n) is 4.06. The Morgan fingerprint density at radius 2 is 1.76 bits per heavy atom. The predicted molar refractivity (Wildman–Crippen MR) is 73.2 cm³/mol. The van der Waals surface area contributed by atoms with Gasteiger partial charge in [-0.3, -0.25) is 0 Å². The van der Waals surface area contributed by atoms with Gasteiger partial charge in [0.05, 0.1) is 0 Å². The lowest BCUT2D eigenvalue weighted by Gasteiger charge is -1.96. The minimum absolute atomic E-state index is 0.840. The monoisotopic (exact) mass is 286 g/mol. The number of rotatable bonds is 2. The van der Waals surface area contributed by atoms with Crippen molar-refractivity contribution in [3.05, 3.63) is 70.4 Å². The van der Waals surface area contributed by atoms with Gasteiger partial charge in [-0.25, -0.2) is 0 Å². The normalized spacial score (nSPS) is 10.9. The molecule has 0 bridgehead atoms. The van der Waals surface area contributed by atoms with Gasteiger partial charge in [-0.15, -0.1) is 0 Å². The summed E-state index contributed by atoms with van der Waals surface area (Å²) >= 11 is 3.47. The van der Waals surface area contributed by atoms with Crippen LogP contribution in [-0.4, -0.2) is 0 Å². The number of furan rings is 1. The zero-order valence-electron chi connectivity index (χ0n) is 9.19. The van der Waals surface area contributed by atoms with Crippen molar-refractivity contribution >= 4 is 26.9 Å². The average Bonchev–Trinajstić information content (AvgIpc) is 2.71.